The summed E-state index contributed by atoms with van der Waals surface area (Å²) in [5.41, 5.74) is 6.31. The highest BCUT2D eigenvalue weighted by Crippen LogP contribution is 2.11. The largest absolute Gasteiger partial charge is 0.445 e. The highest BCUT2D eigenvalue weighted by atomic mass is 16.5. The fourth-order valence-electron chi connectivity index (χ4n) is 2.64. The van der Waals surface area contributed by atoms with E-state index in [4.69, 9.17) is 10.5 Å². The average Bonchev–Trinajstić information content (AvgIpc) is 2.77. The number of hydrogen-bond acceptors (Lipinski definition) is 7. The lowest BCUT2D eigenvalue weighted by Crippen LogP contribution is -2.54. The van der Waals surface area contributed by atoms with E-state index in [0.29, 0.717) is 17.8 Å². The fraction of sp³-hybridized carbons (Fsp3) is 0.476. The van der Waals surface area contributed by atoms with Crippen molar-refractivity contribution in [3.63, 3.8) is 0 Å². The maximum absolute atomic E-state index is 12.7. The zero-order chi connectivity index (χ0) is 25.0. The van der Waals surface area contributed by atoms with Gasteiger partial charge in [0, 0.05) is 12.7 Å². The topological polar surface area (TPSA) is 181 Å². The van der Waals surface area contributed by atoms with Crippen molar-refractivity contribution >= 4 is 35.4 Å². The normalized spacial score (nSPS) is 13.1. The smallest absolute Gasteiger partial charge is 0.407 e. The van der Waals surface area contributed by atoms with E-state index >= 15 is 0 Å². The summed E-state index contributed by atoms with van der Waals surface area (Å²) in [4.78, 5) is 59.8. The molecule has 12 heteroatoms. The third-order valence-corrected chi connectivity index (χ3v) is 4.49. The highest BCUT2D eigenvalue weighted by Gasteiger charge is 2.26. The Morgan fingerprint density at radius 3 is 2.09 bits per heavy atom. The molecule has 0 aromatic heterocycles. The Morgan fingerprint density at radius 2 is 1.55 bits per heavy atom. The summed E-state index contributed by atoms with van der Waals surface area (Å²) in [7, 11) is 1.45. The Morgan fingerprint density at radius 1 is 0.939 bits per heavy atom. The molecule has 0 saturated carbocycles. The van der Waals surface area contributed by atoms with Crippen LogP contribution >= 0.6 is 0 Å². The quantitative estimate of drug-likeness (QED) is 0.237. The van der Waals surface area contributed by atoms with Crippen molar-refractivity contribution in [1.82, 2.24) is 21.3 Å². The molecule has 1 aromatic rings. The molecule has 1 rings (SSSR count). The molecule has 0 aliphatic rings. The highest BCUT2D eigenvalue weighted by molar-refractivity contribution is 6.00. The van der Waals surface area contributed by atoms with Gasteiger partial charge in [-0.2, -0.15) is 0 Å². The number of carbonyl (C=O) groups is 5. The maximum atomic E-state index is 12.7. The van der Waals surface area contributed by atoms with Gasteiger partial charge < -0.3 is 37.1 Å². The number of rotatable bonds is 12. The Hall–Kier alpha value is -3.67. The summed E-state index contributed by atoms with van der Waals surface area (Å²) < 4.78 is 4.93. The molecule has 0 bridgehead atoms. The third-order valence-electron chi connectivity index (χ3n) is 4.49. The summed E-state index contributed by atoms with van der Waals surface area (Å²) in [6.07, 6.45) is -0.997. The van der Waals surface area contributed by atoms with Gasteiger partial charge in [0.1, 0.15) is 18.7 Å². The van der Waals surface area contributed by atoms with Crippen molar-refractivity contribution in [2.45, 2.75) is 51.9 Å². The Kier molecular flexibility index (Phi) is 11.3. The molecule has 0 aliphatic heterocycles. The summed E-state index contributed by atoms with van der Waals surface area (Å²) in [6, 6.07) is 3.76. The van der Waals surface area contributed by atoms with Crippen LogP contribution in [-0.4, -0.2) is 61.4 Å². The first-order valence-corrected chi connectivity index (χ1v) is 10.4. The van der Waals surface area contributed by atoms with E-state index in [9.17, 15) is 24.0 Å². The molecule has 33 heavy (non-hydrogen) atoms. The zero-order valence-electron chi connectivity index (χ0n) is 19.2. The number of likely N-dealkylation sites (N-methyl/N-ethyl adjacent to an activating group) is 1. The van der Waals surface area contributed by atoms with E-state index in [1.54, 1.807) is 31.2 Å². The first kappa shape index (κ1) is 27.4. The number of amides is 5. The predicted octanol–water partition coefficient (Wildman–Crippen LogP) is -0.656. The van der Waals surface area contributed by atoms with Crippen LogP contribution in [0.25, 0.3) is 0 Å². The number of carbonyl (C=O) groups excluding carboxylic acids is 5. The summed E-state index contributed by atoms with van der Waals surface area (Å²) in [6.45, 7) is 5.59. The molecular formula is C21H32N6O6. The van der Waals surface area contributed by atoms with Gasteiger partial charge in [0.2, 0.25) is 23.6 Å². The molecule has 0 heterocycles. The first-order chi connectivity index (χ1) is 15.6. The van der Waals surface area contributed by atoms with Crippen LogP contribution < -0.4 is 32.3 Å². The van der Waals surface area contributed by atoms with Crippen LogP contribution in [0, 0.1) is 0 Å². The van der Waals surface area contributed by atoms with Crippen molar-refractivity contribution in [3.8, 4) is 0 Å². The summed E-state index contributed by atoms with van der Waals surface area (Å²) >= 11 is 0. The Labute approximate surface area is 192 Å². The van der Waals surface area contributed by atoms with Crippen LogP contribution in [0.2, 0.25) is 0 Å². The van der Waals surface area contributed by atoms with Crippen LogP contribution in [0.1, 0.15) is 32.8 Å². The number of benzene rings is 1. The Balaban J connectivity index is 2.74. The number of nitrogens with one attached hydrogen (secondary N) is 5. The third kappa shape index (κ3) is 9.99. The predicted molar refractivity (Wildman–Crippen MR) is 121 cm³/mol. The standard InChI is InChI=1S/C21H32N6O6/c1-5-24-12(2)18(29)25-13(3)19(30)27-16(10-17(22)28)20(31)26-15-8-6-14(7-9-15)11-33-21(32)23-4/h6-9,12-13,16,24H,5,10-11H2,1-4H3,(H2,22,28)(H,23,32)(H,25,29)(H,26,31)(H,27,30). The molecule has 1 aromatic carbocycles. The monoisotopic (exact) mass is 464 g/mol. The second-order valence-corrected chi connectivity index (χ2v) is 7.25. The minimum atomic E-state index is -1.24. The molecule has 0 saturated heterocycles. The molecule has 3 atom stereocenters. The lowest BCUT2D eigenvalue weighted by molar-refractivity contribution is -0.132. The van der Waals surface area contributed by atoms with Gasteiger partial charge in [0.05, 0.1) is 12.5 Å². The van der Waals surface area contributed by atoms with Gasteiger partial charge >= 0.3 is 6.09 Å². The van der Waals surface area contributed by atoms with Crippen LogP contribution in [0.5, 0.6) is 0 Å². The van der Waals surface area contributed by atoms with Crippen molar-refractivity contribution in [3.05, 3.63) is 29.8 Å². The van der Waals surface area contributed by atoms with Crippen LogP contribution in [-0.2, 0) is 30.5 Å². The number of alkyl carbamates (subject to hydrolysis) is 1. The lowest BCUT2D eigenvalue weighted by atomic mass is 10.1. The minimum absolute atomic E-state index is 0.0459. The molecular weight excluding hydrogens is 432 g/mol. The van der Waals surface area contributed by atoms with Crippen molar-refractivity contribution in [2.75, 3.05) is 18.9 Å². The number of primary amides is 1. The summed E-state index contributed by atoms with van der Waals surface area (Å²) in [5.74, 6) is -2.46. The first-order valence-electron chi connectivity index (χ1n) is 10.4. The molecule has 0 spiro atoms. The van der Waals surface area contributed by atoms with Crippen molar-refractivity contribution in [1.29, 1.82) is 0 Å². The van der Waals surface area contributed by atoms with E-state index in [1.807, 2.05) is 6.92 Å². The van der Waals surface area contributed by atoms with Crippen LogP contribution in [0.15, 0.2) is 24.3 Å². The lowest BCUT2D eigenvalue weighted by Gasteiger charge is -2.21. The molecule has 0 aliphatic carbocycles. The SMILES string of the molecule is CCNC(C)C(=O)NC(C)C(=O)NC(CC(N)=O)C(=O)Nc1ccc(COC(=O)NC)cc1. The van der Waals surface area contributed by atoms with Gasteiger partial charge in [-0.05, 0) is 38.1 Å². The molecule has 12 nitrogen and oxygen atoms in total. The van der Waals surface area contributed by atoms with Crippen molar-refractivity contribution in [2.24, 2.45) is 5.73 Å². The number of anilines is 1. The van der Waals surface area contributed by atoms with Gasteiger partial charge in [-0.3, -0.25) is 19.2 Å². The van der Waals surface area contributed by atoms with Crippen LogP contribution in [0.4, 0.5) is 10.5 Å². The average molecular weight is 465 g/mol. The van der Waals surface area contributed by atoms with Gasteiger partial charge in [0.25, 0.3) is 0 Å². The minimum Gasteiger partial charge on any atom is -0.445 e. The Bertz CT molecular complexity index is 844. The van der Waals surface area contributed by atoms with Gasteiger partial charge in [-0.25, -0.2) is 4.79 Å². The van der Waals surface area contributed by atoms with E-state index in [1.165, 1.54) is 14.0 Å². The molecule has 5 amide bonds. The van der Waals surface area contributed by atoms with Gasteiger partial charge in [-0.15, -0.1) is 0 Å². The van der Waals surface area contributed by atoms with E-state index in [-0.39, 0.29) is 12.5 Å². The van der Waals surface area contributed by atoms with E-state index in [2.05, 4.69) is 26.6 Å². The van der Waals surface area contributed by atoms with E-state index < -0.39 is 48.4 Å². The molecule has 182 valence electrons. The van der Waals surface area contributed by atoms with E-state index in [0.717, 1.165) is 0 Å². The number of ether oxygens (including phenoxy) is 1. The van der Waals surface area contributed by atoms with Gasteiger partial charge in [0.15, 0.2) is 0 Å². The number of hydrogen-bond donors (Lipinski definition) is 6. The molecule has 0 radical (unpaired) electrons. The molecule has 3 unspecified atom stereocenters. The van der Waals surface area contributed by atoms with Crippen molar-refractivity contribution < 1.29 is 28.7 Å². The zero-order valence-corrected chi connectivity index (χ0v) is 19.2. The summed E-state index contributed by atoms with van der Waals surface area (Å²) in [5, 5.41) is 12.8. The fourth-order valence-corrected chi connectivity index (χ4v) is 2.64. The van der Waals surface area contributed by atoms with Gasteiger partial charge in [-0.1, -0.05) is 19.1 Å². The molecule has 7 N–H and O–H groups in total. The number of nitrogens with two attached hydrogens (primary N) is 1. The van der Waals surface area contributed by atoms with Crippen LogP contribution in [0.3, 0.4) is 0 Å². The second kappa shape index (κ2) is 13.7. The maximum Gasteiger partial charge on any atom is 0.407 e. The molecule has 0 fully saturated rings. The second-order valence-electron chi connectivity index (χ2n) is 7.25.